The number of esters is 1. The Balaban J connectivity index is 2.24. The second-order valence-electron chi connectivity index (χ2n) is 6.78. The summed E-state index contributed by atoms with van der Waals surface area (Å²) in [6.45, 7) is 10.1. The highest BCUT2D eigenvalue weighted by Crippen LogP contribution is 2.35. The first-order chi connectivity index (χ1) is 11.5. The van der Waals surface area contributed by atoms with E-state index in [0.717, 1.165) is 32.6 Å². The topological polar surface area (TPSA) is 50.8 Å². The van der Waals surface area contributed by atoms with Crippen LogP contribution in [0.2, 0.25) is 0 Å². The Bertz CT molecular complexity index is 539. The quantitative estimate of drug-likeness (QED) is 0.614. The molecule has 1 fully saturated rings. The van der Waals surface area contributed by atoms with Gasteiger partial charge in [0.2, 0.25) is 0 Å². The maximum absolute atomic E-state index is 11.2. The van der Waals surface area contributed by atoms with Crippen LogP contribution in [-0.4, -0.2) is 44.2 Å². The standard InChI is InChI=1S/C19H30N2O3/c1-14(2)5-7-17(21-11-9-20-10-12-21)16-6-8-18(24-15(3)22)19(13-16)23-4/h6,8,13-14,17,20H,5,7,9-12H2,1-4H3/t17-/m1/s1. The lowest BCUT2D eigenvalue weighted by Crippen LogP contribution is -2.45. The molecule has 0 amide bonds. The summed E-state index contributed by atoms with van der Waals surface area (Å²) in [4.78, 5) is 13.8. The number of piperazine rings is 1. The second-order valence-corrected chi connectivity index (χ2v) is 6.78. The largest absolute Gasteiger partial charge is 0.493 e. The van der Waals surface area contributed by atoms with Crippen LogP contribution in [0.15, 0.2) is 18.2 Å². The molecule has 0 aliphatic carbocycles. The van der Waals surface area contributed by atoms with E-state index in [4.69, 9.17) is 9.47 Å². The first-order valence-electron chi connectivity index (χ1n) is 8.82. The molecule has 5 heteroatoms. The van der Waals surface area contributed by atoms with Gasteiger partial charge in [0.15, 0.2) is 11.5 Å². The molecule has 0 unspecified atom stereocenters. The van der Waals surface area contributed by atoms with Crippen molar-refractivity contribution in [3.8, 4) is 11.5 Å². The first-order valence-corrected chi connectivity index (χ1v) is 8.82. The zero-order valence-corrected chi connectivity index (χ0v) is 15.3. The Hall–Kier alpha value is -1.59. The number of carbonyl (C=O) groups is 1. The molecule has 24 heavy (non-hydrogen) atoms. The Morgan fingerprint density at radius 3 is 2.50 bits per heavy atom. The van der Waals surface area contributed by atoms with E-state index >= 15 is 0 Å². The predicted molar refractivity (Wildman–Crippen MR) is 95.6 cm³/mol. The van der Waals surface area contributed by atoms with E-state index in [9.17, 15) is 4.79 Å². The Morgan fingerprint density at radius 2 is 1.92 bits per heavy atom. The van der Waals surface area contributed by atoms with Crippen molar-refractivity contribution in [2.24, 2.45) is 5.92 Å². The van der Waals surface area contributed by atoms with Crippen LogP contribution >= 0.6 is 0 Å². The van der Waals surface area contributed by atoms with Gasteiger partial charge in [0.25, 0.3) is 0 Å². The van der Waals surface area contributed by atoms with Gasteiger partial charge in [-0.2, -0.15) is 0 Å². The maximum Gasteiger partial charge on any atom is 0.308 e. The highest BCUT2D eigenvalue weighted by molar-refractivity contribution is 5.70. The van der Waals surface area contributed by atoms with Gasteiger partial charge in [0, 0.05) is 39.1 Å². The molecule has 1 saturated heterocycles. The summed E-state index contributed by atoms with van der Waals surface area (Å²) in [7, 11) is 1.61. The average Bonchev–Trinajstić information content (AvgIpc) is 2.56. The number of ether oxygens (including phenoxy) is 2. The van der Waals surface area contributed by atoms with Crippen molar-refractivity contribution in [2.75, 3.05) is 33.3 Å². The lowest BCUT2D eigenvalue weighted by atomic mass is 9.95. The van der Waals surface area contributed by atoms with E-state index in [1.807, 2.05) is 12.1 Å². The van der Waals surface area contributed by atoms with Gasteiger partial charge in [-0.3, -0.25) is 9.69 Å². The van der Waals surface area contributed by atoms with Crippen LogP contribution in [-0.2, 0) is 4.79 Å². The summed E-state index contributed by atoms with van der Waals surface area (Å²) in [6, 6.07) is 6.30. The van der Waals surface area contributed by atoms with Crippen LogP contribution in [0.4, 0.5) is 0 Å². The fraction of sp³-hybridized carbons (Fsp3) is 0.632. The molecule has 2 rings (SSSR count). The van der Waals surface area contributed by atoms with E-state index in [2.05, 4.69) is 30.1 Å². The summed E-state index contributed by atoms with van der Waals surface area (Å²) >= 11 is 0. The molecule has 0 aromatic heterocycles. The number of nitrogens with zero attached hydrogens (tertiary/aromatic N) is 1. The minimum Gasteiger partial charge on any atom is -0.493 e. The van der Waals surface area contributed by atoms with Crippen LogP contribution in [0.25, 0.3) is 0 Å². The summed E-state index contributed by atoms with van der Waals surface area (Å²) in [5.41, 5.74) is 1.23. The number of carbonyl (C=O) groups excluding carboxylic acids is 1. The first kappa shape index (κ1) is 18.7. The molecule has 0 radical (unpaired) electrons. The van der Waals surface area contributed by atoms with Gasteiger partial charge in [0.1, 0.15) is 0 Å². The zero-order chi connectivity index (χ0) is 17.5. The number of hydrogen-bond acceptors (Lipinski definition) is 5. The monoisotopic (exact) mass is 334 g/mol. The van der Waals surface area contributed by atoms with Gasteiger partial charge in [-0.15, -0.1) is 0 Å². The minimum atomic E-state index is -0.334. The van der Waals surface area contributed by atoms with Gasteiger partial charge < -0.3 is 14.8 Å². The third kappa shape index (κ3) is 5.21. The number of hydrogen-bond donors (Lipinski definition) is 1. The fourth-order valence-corrected chi connectivity index (χ4v) is 3.18. The molecule has 134 valence electrons. The predicted octanol–water partition coefficient (Wildman–Crippen LogP) is 3.00. The molecule has 5 nitrogen and oxygen atoms in total. The van der Waals surface area contributed by atoms with Crippen molar-refractivity contribution in [3.63, 3.8) is 0 Å². The molecule has 1 aliphatic heterocycles. The summed E-state index contributed by atoms with van der Waals surface area (Å²) in [5.74, 6) is 1.45. The average molecular weight is 334 g/mol. The van der Waals surface area contributed by atoms with Crippen molar-refractivity contribution in [1.82, 2.24) is 10.2 Å². The SMILES string of the molecule is COc1cc([C@@H](CCC(C)C)N2CCNCC2)ccc1OC(C)=O. The summed E-state index contributed by atoms with van der Waals surface area (Å²) < 4.78 is 10.7. The van der Waals surface area contributed by atoms with Crippen LogP contribution in [0.1, 0.15) is 45.2 Å². The number of benzene rings is 1. The molecular weight excluding hydrogens is 304 g/mol. The van der Waals surface area contributed by atoms with Crippen molar-refractivity contribution >= 4 is 5.97 Å². The molecule has 0 saturated carbocycles. The third-order valence-electron chi connectivity index (χ3n) is 4.44. The molecule has 1 aromatic rings. The van der Waals surface area contributed by atoms with E-state index in [1.54, 1.807) is 7.11 Å². The molecule has 1 aliphatic rings. The number of rotatable bonds is 7. The molecule has 1 atom stereocenters. The molecule has 0 spiro atoms. The molecular formula is C19H30N2O3. The maximum atomic E-state index is 11.2. The van der Waals surface area contributed by atoms with Crippen molar-refractivity contribution in [2.45, 2.75) is 39.7 Å². The Labute approximate surface area is 145 Å². The van der Waals surface area contributed by atoms with Gasteiger partial charge in [-0.05, 0) is 36.5 Å². The molecule has 1 aromatic carbocycles. The lowest BCUT2D eigenvalue weighted by Gasteiger charge is -2.36. The van der Waals surface area contributed by atoms with Gasteiger partial charge in [-0.25, -0.2) is 0 Å². The lowest BCUT2D eigenvalue weighted by molar-refractivity contribution is -0.132. The van der Waals surface area contributed by atoms with Gasteiger partial charge >= 0.3 is 5.97 Å². The number of nitrogens with one attached hydrogen (secondary N) is 1. The van der Waals surface area contributed by atoms with Gasteiger partial charge in [0.05, 0.1) is 7.11 Å². The smallest absolute Gasteiger partial charge is 0.308 e. The normalized spacial score (nSPS) is 16.9. The van der Waals surface area contributed by atoms with Crippen molar-refractivity contribution in [1.29, 1.82) is 0 Å². The molecule has 0 bridgehead atoms. The van der Waals surface area contributed by atoms with E-state index in [-0.39, 0.29) is 5.97 Å². The van der Waals surface area contributed by atoms with Crippen LogP contribution < -0.4 is 14.8 Å². The van der Waals surface area contributed by atoms with E-state index in [0.29, 0.717) is 23.5 Å². The van der Waals surface area contributed by atoms with Crippen LogP contribution in [0.3, 0.4) is 0 Å². The van der Waals surface area contributed by atoms with Crippen LogP contribution in [0, 0.1) is 5.92 Å². The fourth-order valence-electron chi connectivity index (χ4n) is 3.18. The van der Waals surface area contributed by atoms with E-state index < -0.39 is 0 Å². The zero-order valence-electron chi connectivity index (χ0n) is 15.3. The van der Waals surface area contributed by atoms with Crippen molar-refractivity contribution in [3.05, 3.63) is 23.8 Å². The minimum absolute atomic E-state index is 0.334. The molecule has 1 N–H and O–H groups in total. The second kappa shape index (κ2) is 9.04. The highest BCUT2D eigenvalue weighted by Gasteiger charge is 2.23. The summed E-state index contributed by atoms with van der Waals surface area (Å²) in [5, 5.41) is 3.42. The Kier molecular flexibility index (Phi) is 7.06. The highest BCUT2D eigenvalue weighted by atomic mass is 16.6. The van der Waals surface area contributed by atoms with Gasteiger partial charge in [-0.1, -0.05) is 19.9 Å². The van der Waals surface area contributed by atoms with E-state index in [1.165, 1.54) is 18.9 Å². The number of methoxy groups -OCH3 is 1. The van der Waals surface area contributed by atoms with Crippen molar-refractivity contribution < 1.29 is 14.3 Å². The van der Waals surface area contributed by atoms with Crippen LogP contribution in [0.5, 0.6) is 11.5 Å². The Morgan fingerprint density at radius 1 is 1.21 bits per heavy atom. The third-order valence-corrected chi connectivity index (χ3v) is 4.44. The molecule has 1 heterocycles. The summed E-state index contributed by atoms with van der Waals surface area (Å²) in [6.07, 6.45) is 2.30.